The topological polar surface area (TPSA) is 17.1 Å². The van der Waals surface area contributed by atoms with E-state index in [1.807, 2.05) is 0 Å². The highest BCUT2D eigenvalue weighted by molar-refractivity contribution is 9.10. The summed E-state index contributed by atoms with van der Waals surface area (Å²) in [5.41, 5.74) is 0. The predicted octanol–water partition coefficient (Wildman–Crippen LogP) is 3.62. The van der Waals surface area contributed by atoms with E-state index in [0.717, 1.165) is 11.0 Å². The highest BCUT2D eigenvalue weighted by atomic mass is 79.9. The van der Waals surface area contributed by atoms with Crippen molar-refractivity contribution >= 4 is 43.6 Å². The molecule has 0 fully saturated rings. The molecule has 0 aliphatic rings. The molecule has 0 atom stereocenters. The first-order chi connectivity index (χ1) is 6.24. The number of hydrogen-bond donors (Lipinski definition) is 0. The Labute approximate surface area is 86.3 Å². The van der Waals surface area contributed by atoms with Gasteiger partial charge in [0.05, 0.1) is 4.88 Å². The van der Waals surface area contributed by atoms with Gasteiger partial charge in [0.15, 0.2) is 6.29 Å². The molecule has 0 radical (unpaired) electrons. The van der Waals surface area contributed by atoms with Gasteiger partial charge in [-0.2, -0.15) is 0 Å². The number of hydrogen-bond acceptors (Lipinski definition) is 2. The molecule has 2 aromatic rings. The lowest BCUT2D eigenvalue weighted by atomic mass is 10.2. The van der Waals surface area contributed by atoms with Crippen molar-refractivity contribution < 1.29 is 9.18 Å². The molecule has 0 saturated carbocycles. The van der Waals surface area contributed by atoms with Gasteiger partial charge < -0.3 is 0 Å². The van der Waals surface area contributed by atoms with E-state index >= 15 is 0 Å². The van der Waals surface area contributed by atoms with Gasteiger partial charge in [0.1, 0.15) is 5.82 Å². The summed E-state index contributed by atoms with van der Waals surface area (Å²) in [5, 5.41) is 0.495. The van der Waals surface area contributed by atoms with Crippen LogP contribution < -0.4 is 0 Å². The Morgan fingerprint density at radius 3 is 2.85 bits per heavy atom. The molecular formula is C9H4BrFOS. The van der Waals surface area contributed by atoms with Gasteiger partial charge in [0, 0.05) is 14.6 Å². The second-order valence-electron chi connectivity index (χ2n) is 2.51. The fraction of sp³-hybridized carbons (Fsp3) is 0. The number of fused-ring (bicyclic) bond motifs is 1. The van der Waals surface area contributed by atoms with Gasteiger partial charge in [-0.25, -0.2) is 4.39 Å². The zero-order valence-electron chi connectivity index (χ0n) is 6.38. The van der Waals surface area contributed by atoms with Crippen molar-refractivity contribution in [3.63, 3.8) is 0 Å². The van der Waals surface area contributed by atoms with E-state index in [1.165, 1.54) is 17.4 Å². The van der Waals surface area contributed by atoms with E-state index in [-0.39, 0.29) is 5.82 Å². The molecule has 0 unspecified atom stereocenters. The van der Waals surface area contributed by atoms with E-state index in [4.69, 9.17) is 0 Å². The molecule has 0 aliphatic carbocycles. The van der Waals surface area contributed by atoms with Crippen molar-refractivity contribution in [3.8, 4) is 0 Å². The number of carbonyl (C=O) groups is 1. The minimum atomic E-state index is -0.297. The van der Waals surface area contributed by atoms with E-state index < -0.39 is 0 Å². The summed E-state index contributed by atoms with van der Waals surface area (Å²) in [4.78, 5) is 11.1. The number of benzene rings is 1. The highest BCUT2D eigenvalue weighted by Gasteiger charge is 2.11. The second-order valence-corrected chi connectivity index (χ2v) is 4.39. The summed E-state index contributed by atoms with van der Waals surface area (Å²) in [6.07, 6.45) is 0.730. The zero-order chi connectivity index (χ0) is 9.42. The third-order valence-corrected chi connectivity index (χ3v) is 3.90. The summed E-state index contributed by atoms with van der Waals surface area (Å²) in [6, 6.07) is 4.81. The first kappa shape index (κ1) is 8.84. The van der Waals surface area contributed by atoms with Crippen LogP contribution in [0.4, 0.5) is 4.39 Å². The predicted molar refractivity (Wildman–Crippen MR) is 54.9 cm³/mol. The Morgan fingerprint density at radius 2 is 2.23 bits per heavy atom. The van der Waals surface area contributed by atoms with E-state index in [9.17, 15) is 9.18 Å². The molecule has 13 heavy (non-hydrogen) atoms. The van der Waals surface area contributed by atoms with Crippen LogP contribution in [0.25, 0.3) is 10.1 Å². The molecule has 0 amide bonds. The lowest BCUT2D eigenvalue weighted by Gasteiger charge is -1.91. The van der Waals surface area contributed by atoms with Gasteiger partial charge >= 0.3 is 0 Å². The summed E-state index contributed by atoms with van der Waals surface area (Å²) >= 11 is 4.49. The minimum absolute atomic E-state index is 0.297. The average Bonchev–Trinajstić information content (AvgIpc) is 2.44. The van der Waals surface area contributed by atoms with Crippen molar-refractivity contribution in [2.75, 3.05) is 0 Å². The Kier molecular flexibility index (Phi) is 2.17. The fourth-order valence-corrected chi connectivity index (χ4v) is 2.96. The van der Waals surface area contributed by atoms with Gasteiger partial charge in [-0.1, -0.05) is 6.07 Å². The number of aldehydes is 1. The van der Waals surface area contributed by atoms with Gasteiger partial charge in [-0.05, 0) is 28.1 Å². The fourth-order valence-electron chi connectivity index (χ4n) is 1.16. The first-order valence-corrected chi connectivity index (χ1v) is 5.16. The SMILES string of the molecule is O=Cc1sc2cccc(F)c2c1Br. The molecule has 0 saturated heterocycles. The molecule has 0 aliphatic heterocycles. The van der Waals surface area contributed by atoms with Crippen molar-refractivity contribution in [1.29, 1.82) is 0 Å². The Balaban J connectivity index is 2.92. The molecule has 1 heterocycles. The Morgan fingerprint density at radius 1 is 1.46 bits per heavy atom. The lowest BCUT2D eigenvalue weighted by molar-refractivity contribution is 0.112. The molecule has 2 rings (SSSR count). The maximum atomic E-state index is 13.3. The molecule has 66 valence electrons. The minimum Gasteiger partial charge on any atom is -0.297 e. The van der Waals surface area contributed by atoms with Crippen LogP contribution in [0.3, 0.4) is 0 Å². The van der Waals surface area contributed by atoms with Crippen molar-refractivity contribution in [2.45, 2.75) is 0 Å². The van der Waals surface area contributed by atoms with Crippen LogP contribution in [-0.2, 0) is 0 Å². The third-order valence-electron chi connectivity index (χ3n) is 1.74. The molecular weight excluding hydrogens is 255 g/mol. The van der Waals surface area contributed by atoms with Crippen LogP contribution in [0.15, 0.2) is 22.7 Å². The summed E-state index contributed by atoms with van der Waals surface area (Å²) in [7, 11) is 0. The van der Waals surface area contributed by atoms with Gasteiger partial charge in [-0.3, -0.25) is 4.79 Å². The van der Waals surface area contributed by atoms with E-state index in [1.54, 1.807) is 12.1 Å². The summed E-state index contributed by atoms with van der Waals surface area (Å²) in [5.74, 6) is -0.297. The number of rotatable bonds is 1. The van der Waals surface area contributed by atoms with E-state index in [2.05, 4.69) is 15.9 Å². The zero-order valence-corrected chi connectivity index (χ0v) is 8.78. The van der Waals surface area contributed by atoms with Crippen LogP contribution in [0, 0.1) is 5.82 Å². The normalized spacial score (nSPS) is 10.6. The van der Waals surface area contributed by atoms with Crippen LogP contribution >= 0.6 is 27.3 Å². The smallest absolute Gasteiger partial charge is 0.161 e. The molecule has 1 aromatic heterocycles. The van der Waals surface area contributed by atoms with Crippen molar-refractivity contribution in [1.82, 2.24) is 0 Å². The Hall–Kier alpha value is -0.740. The molecule has 1 nitrogen and oxygen atoms in total. The van der Waals surface area contributed by atoms with Crippen LogP contribution in [-0.4, -0.2) is 6.29 Å². The monoisotopic (exact) mass is 258 g/mol. The lowest BCUT2D eigenvalue weighted by Crippen LogP contribution is -1.75. The molecule has 1 aromatic carbocycles. The number of halogens is 2. The maximum Gasteiger partial charge on any atom is 0.161 e. The van der Waals surface area contributed by atoms with Crippen LogP contribution in [0.2, 0.25) is 0 Å². The van der Waals surface area contributed by atoms with E-state index in [0.29, 0.717) is 14.7 Å². The van der Waals surface area contributed by atoms with Gasteiger partial charge in [0.25, 0.3) is 0 Å². The third kappa shape index (κ3) is 1.30. The maximum absolute atomic E-state index is 13.3. The second kappa shape index (κ2) is 3.20. The van der Waals surface area contributed by atoms with Crippen LogP contribution in [0.5, 0.6) is 0 Å². The van der Waals surface area contributed by atoms with Crippen molar-refractivity contribution in [3.05, 3.63) is 33.4 Å². The van der Waals surface area contributed by atoms with Gasteiger partial charge in [-0.15, -0.1) is 11.3 Å². The summed E-state index contributed by atoms with van der Waals surface area (Å²) < 4.78 is 14.6. The number of carbonyl (C=O) groups excluding carboxylic acids is 1. The molecule has 4 heteroatoms. The molecule has 0 bridgehead atoms. The highest BCUT2D eigenvalue weighted by Crippen LogP contribution is 2.35. The quantitative estimate of drug-likeness (QED) is 0.715. The van der Waals surface area contributed by atoms with Gasteiger partial charge in [0.2, 0.25) is 0 Å². The Bertz CT molecular complexity index is 478. The van der Waals surface area contributed by atoms with Crippen molar-refractivity contribution in [2.24, 2.45) is 0 Å². The molecule has 0 spiro atoms. The summed E-state index contributed by atoms with van der Waals surface area (Å²) in [6.45, 7) is 0. The first-order valence-electron chi connectivity index (χ1n) is 3.55. The average molecular weight is 259 g/mol. The largest absolute Gasteiger partial charge is 0.297 e. The molecule has 0 N–H and O–H groups in total. The standard InChI is InChI=1S/C9H4BrFOS/c10-9-7(4-12)13-6-3-1-2-5(11)8(6)9/h1-4H. The van der Waals surface area contributed by atoms with Crippen LogP contribution in [0.1, 0.15) is 9.67 Å². The number of thiophene rings is 1.